The molecule has 0 aliphatic rings. The van der Waals surface area contributed by atoms with Crippen molar-refractivity contribution in [2.45, 2.75) is 19.9 Å². The van der Waals surface area contributed by atoms with Gasteiger partial charge in [-0.05, 0) is 30.2 Å². The third kappa shape index (κ3) is 3.79. The van der Waals surface area contributed by atoms with Crippen molar-refractivity contribution in [3.05, 3.63) is 53.1 Å². The van der Waals surface area contributed by atoms with Crippen molar-refractivity contribution >= 4 is 5.91 Å². The topological polar surface area (TPSA) is 56.8 Å². The molecule has 128 valence electrons. The van der Waals surface area contributed by atoms with Gasteiger partial charge < -0.3 is 19.5 Å². The second-order valence-electron chi connectivity index (χ2n) is 5.22. The molecule has 0 heterocycles. The van der Waals surface area contributed by atoms with Gasteiger partial charge in [-0.2, -0.15) is 0 Å². The quantitative estimate of drug-likeness (QED) is 0.847. The lowest BCUT2D eigenvalue weighted by Gasteiger charge is -2.14. The van der Waals surface area contributed by atoms with Crippen molar-refractivity contribution in [2.75, 3.05) is 21.3 Å². The molecule has 0 spiro atoms. The van der Waals surface area contributed by atoms with Crippen LogP contribution in [0.15, 0.2) is 36.4 Å². The fourth-order valence-electron chi connectivity index (χ4n) is 2.53. The maximum Gasteiger partial charge on any atom is 0.259 e. The minimum Gasteiger partial charge on any atom is -0.496 e. The molecule has 0 aromatic heterocycles. The zero-order valence-electron chi connectivity index (χ0n) is 14.5. The predicted molar refractivity (Wildman–Crippen MR) is 93.1 cm³/mol. The average molecular weight is 329 g/mol. The van der Waals surface area contributed by atoms with Crippen LogP contribution in [0.25, 0.3) is 0 Å². The Bertz CT molecular complexity index is 690. The summed E-state index contributed by atoms with van der Waals surface area (Å²) >= 11 is 0. The maximum atomic E-state index is 12.6. The van der Waals surface area contributed by atoms with Gasteiger partial charge in [-0.15, -0.1) is 0 Å². The number of hydrogen-bond acceptors (Lipinski definition) is 4. The van der Waals surface area contributed by atoms with E-state index >= 15 is 0 Å². The first-order valence-electron chi connectivity index (χ1n) is 7.79. The van der Waals surface area contributed by atoms with E-state index in [1.165, 1.54) is 19.8 Å². The highest BCUT2D eigenvalue weighted by molar-refractivity contribution is 5.99. The molecular formula is C19H23NO4. The van der Waals surface area contributed by atoms with Gasteiger partial charge >= 0.3 is 0 Å². The minimum atomic E-state index is -0.256. The molecule has 0 atom stereocenters. The number of carbonyl (C=O) groups is 1. The standard InChI is InChI=1S/C19H23NO4/c1-5-13-9-10-15(22-2)14(11-13)12-20-19(21)18-16(23-3)7-6-8-17(18)24-4/h6-11H,5,12H2,1-4H3,(H,20,21). The SMILES string of the molecule is CCc1ccc(OC)c(CNC(=O)c2c(OC)cccc2OC)c1. The van der Waals surface area contributed by atoms with E-state index in [9.17, 15) is 4.79 Å². The van der Waals surface area contributed by atoms with Gasteiger partial charge in [0.1, 0.15) is 22.8 Å². The molecule has 1 N–H and O–H groups in total. The molecule has 1 amide bonds. The Hall–Kier alpha value is -2.69. The Morgan fingerprint density at radius 2 is 1.58 bits per heavy atom. The van der Waals surface area contributed by atoms with Crippen LogP contribution in [0.5, 0.6) is 17.2 Å². The summed E-state index contributed by atoms with van der Waals surface area (Å²) in [6.45, 7) is 2.45. The van der Waals surface area contributed by atoms with Crippen molar-refractivity contribution < 1.29 is 19.0 Å². The number of aryl methyl sites for hydroxylation is 1. The first-order chi connectivity index (χ1) is 11.6. The summed E-state index contributed by atoms with van der Waals surface area (Å²) in [6, 6.07) is 11.2. The van der Waals surface area contributed by atoms with Crippen LogP contribution in [-0.2, 0) is 13.0 Å². The molecule has 0 unspecified atom stereocenters. The first-order valence-corrected chi connectivity index (χ1v) is 7.79. The average Bonchev–Trinajstić information content (AvgIpc) is 2.64. The highest BCUT2D eigenvalue weighted by Gasteiger charge is 2.18. The summed E-state index contributed by atoms with van der Waals surface area (Å²) in [6.07, 6.45) is 0.922. The molecule has 0 aliphatic carbocycles. The Balaban J connectivity index is 2.23. The Morgan fingerprint density at radius 3 is 2.12 bits per heavy atom. The molecule has 0 saturated carbocycles. The zero-order chi connectivity index (χ0) is 17.5. The van der Waals surface area contributed by atoms with Crippen LogP contribution in [0.1, 0.15) is 28.4 Å². The van der Waals surface area contributed by atoms with Gasteiger partial charge in [0.25, 0.3) is 5.91 Å². The summed E-state index contributed by atoms with van der Waals surface area (Å²) in [5.41, 5.74) is 2.50. The number of hydrogen-bond donors (Lipinski definition) is 1. The lowest BCUT2D eigenvalue weighted by atomic mass is 10.1. The van der Waals surface area contributed by atoms with Crippen LogP contribution in [0.2, 0.25) is 0 Å². The fourth-order valence-corrected chi connectivity index (χ4v) is 2.53. The van der Waals surface area contributed by atoms with Crippen LogP contribution < -0.4 is 19.5 Å². The zero-order valence-corrected chi connectivity index (χ0v) is 14.5. The van der Waals surface area contributed by atoms with Gasteiger partial charge in [0.2, 0.25) is 0 Å². The van der Waals surface area contributed by atoms with E-state index in [-0.39, 0.29) is 5.91 Å². The normalized spacial score (nSPS) is 10.2. The summed E-state index contributed by atoms with van der Waals surface area (Å²) in [5, 5.41) is 2.91. The van der Waals surface area contributed by atoms with E-state index in [1.54, 1.807) is 25.3 Å². The van der Waals surface area contributed by atoms with Crippen molar-refractivity contribution in [3.63, 3.8) is 0 Å². The summed E-state index contributed by atoms with van der Waals surface area (Å²) in [7, 11) is 4.67. The Labute approximate surface area is 142 Å². The second kappa shape index (κ2) is 8.24. The van der Waals surface area contributed by atoms with Crippen molar-refractivity contribution in [2.24, 2.45) is 0 Å². The lowest BCUT2D eigenvalue weighted by molar-refractivity contribution is 0.0944. The number of ether oxygens (including phenoxy) is 3. The largest absolute Gasteiger partial charge is 0.496 e. The second-order valence-corrected chi connectivity index (χ2v) is 5.22. The molecule has 0 radical (unpaired) electrons. The van der Waals surface area contributed by atoms with Crippen molar-refractivity contribution in [1.29, 1.82) is 0 Å². The molecule has 2 rings (SSSR count). The Kier molecular flexibility index (Phi) is 6.07. The van der Waals surface area contributed by atoms with Gasteiger partial charge in [-0.3, -0.25) is 4.79 Å². The highest BCUT2D eigenvalue weighted by Crippen LogP contribution is 2.28. The Morgan fingerprint density at radius 1 is 0.958 bits per heavy atom. The molecule has 0 fully saturated rings. The van der Waals surface area contributed by atoms with Crippen LogP contribution in [-0.4, -0.2) is 27.2 Å². The van der Waals surface area contributed by atoms with E-state index in [0.29, 0.717) is 23.6 Å². The first kappa shape index (κ1) is 17.7. The van der Waals surface area contributed by atoms with E-state index in [1.807, 2.05) is 18.2 Å². The van der Waals surface area contributed by atoms with Crippen LogP contribution in [0.3, 0.4) is 0 Å². The third-order valence-corrected chi connectivity index (χ3v) is 3.85. The fraction of sp³-hybridized carbons (Fsp3) is 0.316. The van der Waals surface area contributed by atoms with Crippen LogP contribution >= 0.6 is 0 Å². The summed E-state index contributed by atoms with van der Waals surface area (Å²) < 4.78 is 15.9. The minimum absolute atomic E-state index is 0.256. The predicted octanol–water partition coefficient (Wildman–Crippen LogP) is 3.20. The smallest absolute Gasteiger partial charge is 0.259 e. The van der Waals surface area contributed by atoms with Crippen LogP contribution in [0, 0.1) is 0 Å². The van der Waals surface area contributed by atoms with Gasteiger partial charge in [0.15, 0.2) is 0 Å². The van der Waals surface area contributed by atoms with Crippen molar-refractivity contribution in [1.82, 2.24) is 5.32 Å². The van der Waals surface area contributed by atoms with Gasteiger partial charge in [-0.1, -0.05) is 25.1 Å². The molecule has 0 bridgehead atoms. The molecule has 0 saturated heterocycles. The number of benzene rings is 2. The number of carbonyl (C=O) groups excluding carboxylic acids is 1. The summed E-state index contributed by atoms with van der Waals surface area (Å²) in [4.78, 5) is 12.6. The lowest BCUT2D eigenvalue weighted by Crippen LogP contribution is -2.24. The molecule has 0 aliphatic heterocycles. The number of nitrogens with one attached hydrogen (secondary N) is 1. The molecule has 5 nitrogen and oxygen atoms in total. The molecule has 2 aromatic rings. The highest BCUT2D eigenvalue weighted by atomic mass is 16.5. The molecule has 5 heteroatoms. The maximum absolute atomic E-state index is 12.6. The van der Waals surface area contributed by atoms with Gasteiger partial charge in [0, 0.05) is 12.1 Å². The monoisotopic (exact) mass is 329 g/mol. The molecule has 24 heavy (non-hydrogen) atoms. The number of rotatable bonds is 7. The van der Waals surface area contributed by atoms with E-state index in [2.05, 4.69) is 12.2 Å². The number of methoxy groups -OCH3 is 3. The summed E-state index contributed by atoms with van der Waals surface area (Å²) in [5.74, 6) is 1.44. The number of amides is 1. The molecular weight excluding hydrogens is 306 g/mol. The van der Waals surface area contributed by atoms with Gasteiger partial charge in [-0.25, -0.2) is 0 Å². The van der Waals surface area contributed by atoms with E-state index in [4.69, 9.17) is 14.2 Å². The third-order valence-electron chi connectivity index (χ3n) is 3.85. The molecule has 2 aromatic carbocycles. The van der Waals surface area contributed by atoms with Crippen LogP contribution in [0.4, 0.5) is 0 Å². The van der Waals surface area contributed by atoms with E-state index in [0.717, 1.165) is 17.7 Å². The van der Waals surface area contributed by atoms with Crippen molar-refractivity contribution in [3.8, 4) is 17.2 Å². The van der Waals surface area contributed by atoms with Gasteiger partial charge in [0.05, 0.1) is 21.3 Å². The van der Waals surface area contributed by atoms with E-state index < -0.39 is 0 Å².